The van der Waals surface area contributed by atoms with E-state index in [1.807, 2.05) is 17.6 Å². The molecule has 0 spiro atoms. The van der Waals surface area contributed by atoms with Gasteiger partial charge < -0.3 is 0 Å². The van der Waals surface area contributed by atoms with Gasteiger partial charge in [-0.2, -0.15) is 0 Å². The zero-order chi connectivity index (χ0) is 4.95. The lowest BCUT2D eigenvalue weighted by Gasteiger charge is -1.67. The Hall–Kier alpha value is -0.500. The summed E-state index contributed by atoms with van der Waals surface area (Å²) >= 11 is 1.46. The van der Waals surface area contributed by atoms with Gasteiger partial charge in [0, 0.05) is 6.20 Å². The van der Waals surface area contributed by atoms with Crippen molar-refractivity contribution in [3.63, 3.8) is 0 Å². The summed E-state index contributed by atoms with van der Waals surface area (Å²) in [5, 5.41) is 1.92. The van der Waals surface area contributed by atoms with Crippen LogP contribution in [0.2, 0.25) is 0 Å². The largest absolute Gasteiger partial charge is 0.247 e. The van der Waals surface area contributed by atoms with Crippen LogP contribution in [0.3, 0.4) is 0 Å². The molecule has 1 radical (unpaired) electrons. The Labute approximate surface area is 46.8 Å². The maximum atomic E-state index is 3.74. The zero-order valence-electron chi connectivity index (χ0n) is 3.66. The molecule has 0 atom stereocenters. The predicted octanol–water partition coefficient (Wildman–Crippen LogP) is 1.67. The lowest BCUT2D eigenvalue weighted by molar-refractivity contribution is 1.62. The van der Waals surface area contributed by atoms with Gasteiger partial charge in [-0.05, 0) is 11.5 Å². The molecule has 0 bridgehead atoms. The van der Waals surface area contributed by atoms with E-state index in [0.717, 1.165) is 0 Å². The number of allylic oxidation sites excluding steroid dienone is 2. The summed E-state index contributed by atoms with van der Waals surface area (Å²) in [6, 6.07) is 0. The van der Waals surface area contributed by atoms with Crippen molar-refractivity contribution in [1.82, 2.24) is 0 Å². The first-order valence-electron chi connectivity index (χ1n) is 1.92. The summed E-state index contributed by atoms with van der Waals surface area (Å²) in [4.78, 5) is 3.74. The topological polar surface area (TPSA) is 12.4 Å². The molecule has 0 aromatic heterocycles. The third-order valence-corrected chi connectivity index (χ3v) is 1.03. The smallest absolute Gasteiger partial charge is 0.133 e. The van der Waals surface area contributed by atoms with Crippen molar-refractivity contribution < 1.29 is 0 Å². The number of hydrogen-bond donors (Lipinski definition) is 0. The van der Waals surface area contributed by atoms with Gasteiger partial charge in [0.1, 0.15) is 5.55 Å². The Morgan fingerprint density at radius 3 is 3.43 bits per heavy atom. The summed E-state index contributed by atoms with van der Waals surface area (Å²) in [5.74, 6) is 0. The molecular weight excluding hydrogens is 106 g/mol. The second kappa shape index (κ2) is 2.64. The van der Waals surface area contributed by atoms with Gasteiger partial charge in [-0.1, -0.05) is 17.8 Å². The van der Waals surface area contributed by atoms with Crippen LogP contribution in [0.25, 0.3) is 0 Å². The Balaban J connectivity index is 2.60. The Kier molecular flexibility index (Phi) is 1.75. The SMILES string of the molecule is [C]1=NC=CC=CS1. The fraction of sp³-hybridized carbons (Fsp3) is 0. The van der Waals surface area contributed by atoms with E-state index >= 15 is 0 Å². The molecule has 0 fully saturated rings. The molecule has 2 heteroatoms. The number of rotatable bonds is 0. The van der Waals surface area contributed by atoms with Gasteiger partial charge in [0.05, 0.1) is 0 Å². The zero-order valence-corrected chi connectivity index (χ0v) is 4.48. The van der Waals surface area contributed by atoms with E-state index < -0.39 is 0 Å². The molecule has 1 aliphatic heterocycles. The molecule has 0 aromatic rings. The fourth-order valence-electron chi connectivity index (χ4n) is 0.269. The van der Waals surface area contributed by atoms with Gasteiger partial charge in [0.2, 0.25) is 0 Å². The number of hydrogen-bond acceptors (Lipinski definition) is 2. The average molecular weight is 110 g/mol. The number of aliphatic imine (C=N–C) groups is 1. The highest BCUT2D eigenvalue weighted by atomic mass is 32.2. The number of thioether (sulfide) groups is 1. The summed E-state index contributed by atoms with van der Waals surface area (Å²) in [6.07, 6.45) is 5.50. The molecule has 0 aliphatic carbocycles. The van der Waals surface area contributed by atoms with Crippen molar-refractivity contribution in [2.24, 2.45) is 4.99 Å². The molecule has 1 heterocycles. The average Bonchev–Trinajstić information content (AvgIpc) is 1.90. The van der Waals surface area contributed by atoms with Crippen molar-refractivity contribution in [3.8, 4) is 0 Å². The number of nitrogens with zero attached hydrogens (tertiary/aromatic N) is 1. The van der Waals surface area contributed by atoms with Crippen LogP contribution in [0, 0.1) is 0 Å². The highest BCUT2D eigenvalue weighted by molar-refractivity contribution is 8.14. The molecule has 0 aromatic carbocycles. The van der Waals surface area contributed by atoms with E-state index in [2.05, 4.69) is 10.5 Å². The monoisotopic (exact) mass is 110 g/mol. The minimum atomic E-state index is 1.46. The van der Waals surface area contributed by atoms with Crippen molar-refractivity contribution in [3.05, 3.63) is 23.8 Å². The van der Waals surface area contributed by atoms with E-state index in [1.165, 1.54) is 11.8 Å². The maximum absolute atomic E-state index is 3.74. The maximum Gasteiger partial charge on any atom is 0.133 e. The van der Waals surface area contributed by atoms with E-state index in [0.29, 0.717) is 0 Å². The molecule has 0 unspecified atom stereocenters. The molecule has 0 amide bonds. The Bertz CT molecular complexity index is 110. The van der Waals surface area contributed by atoms with Crippen LogP contribution in [0.1, 0.15) is 0 Å². The van der Waals surface area contributed by atoms with Gasteiger partial charge in [-0.3, -0.25) is 0 Å². The Morgan fingerprint density at radius 2 is 2.43 bits per heavy atom. The molecule has 35 valence electrons. The van der Waals surface area contributed by atoms with Gasteiger partial charge in [-0.15, -0.1) is 0 Å². The first kappa shape index (κ1) is 4.65. The first-order chi connectivity index (χ1) is 3.50. The van der Waals surface area contributed by atoms with E-state index in [-0.39, 0.29) is 0 Å². The van der Waals surface area contributed by atoms with Crippen LogP contribution in [0.15, 0.2) is 28.8 Å². The van der Waals surface area contributed by atoms with Gasteiger partial charge >= 0.3 is 0 Å². The normalized spacial score (nSPS) is 17.1. The van der Waals surface area contributed by atoms with Crippen LogP contribution < -0.4 is 0 Å². The minimum Gasteiger partial charge on any atom is -0.247 e. The van der Waals surface area contributed by atoms with Gasteiger partial charge in [0.15, 0.2) is 0 Å². The van der Waals surface area contributed by atoms with Crippen molar-refractivity contribution in [1.29, 1.82) is 0 Å². The minimum absolute atomic E-state index is 1.46. The summed E-state index contributed by atoms with van der Waals surface area (Å²) in [5.41, 5.74) is 2.72. The van der Waals surface area contributed by atoms with E-state index in [4.69, 9.17) is 0 Å². The molecule has 0 saturated carbocycles. The third-order valence-electron chi connectivity index (χ3n) is 0.524. The quantitative estimate of drug-likeness (QED) is 0.462. The van der Waals surface area contributed by atoms with Crippen molar-refractivity contribution in [2.45, 2.75) is 0 Å². The predicted molar refractivity (Wildman–Crippen MR) is 33.3 cm³/mol. The second-order valence-corrected chi connectivity index (χ2v) is 1.70. The molecular formula is C5H4NS. The standard InChI is InChI=1S/C5H4NS/c1-2-4-7-5-6-3-1/h1-4H. The van der Waals surface area contributed by atoms with Crippen molar-refractivity contribution >= 4 is 17.3 Å². The second-order valence-electron chi connectivity index (χ2n) is 1.01. The lowest BCUT2D eigenvalue weighted by Crippen LogP contribution is -1.48. The van der Waals surface area contributed by atoms with Crippen LogP contribution in [-0.2, 0) is 0 Å². The summed E-state index contributed by atoms with van der Waals surface area (Å²) in [7, 11) is 0. The fourth-order valence-corrected chi connectivity index (χ4v) is 0.621. The molecule has 7 heavy (non-hydrogen) atoms. The van der Waals surface area contributed by atoms with Gasteiger partial charge in [-0.25, -0.2) is 4.99 Å². The van der Waals surface area contributed by atoms with Crippen LogP contribution in [0.4, 0.5) is 0 Å². The lowest BCUT2D eigenvalue weighted by atomic mass is 10.6. The van der Waals surface area contributed by atoms with Crippen LogP contribution >= 0.6 is 11.8 Å². The summed E-state index contributed by atoms with van der Waals surface area (Å²) < 4.78 is 0. The Morgan fingerprint density at radius 1 is 1.43 bits per heavy atom. The molecule has 1 rings (SSSR count). The highest BCUT2D eigenvalue weighted by Gasteiger charge is 1.73. The summed E-state index contributed by atoms with van der Waals surface area (Å²) in [6.45, 7) is 0. The molecule has 1 aliphatic rings. The van der Waals surface area contributed by atoms with E-state index in [9.17, 15) is 0 Å². The molecule has 1 nitrogen and oxygen atoms in total. The third kappa shape index (κ3) is 1.59. The highest BCUT2D eigenvalue weighted by Crippen LogP contribution is 1.99. The molecule has 0 N–H and O–H groups in total. The van der Waals surface area contributed by atoms with Crippen LogP contribution in [-0.4, -0.2) is 5.55 Å². The first-order valence-corrected chi connectivity index (χ1v) is 2.80. The van der Waals surface area contributed by atoms with Crippen molar-refractivity contribution in [2.75, 3.05) is 0 Å². The molecule has 0 saturated heterocycles. The van der Waals surface area contributed by atoms with E-state index in [1.54, 1.807) is 6.20 Å². The van der Waals surface area contributed by atoms with Crippen LogP contribution in [0.5, 0.6) is 0 Å². The van der Waals surface area contributed by atoms with Gasteiger partial charge in [0.25, 0.3) is 0 Å².